The van der Waals surface area contributed by atoms with E-state index in [0.29, 0.717) is 48.8 Å². The highest BCUT2D eigenvalue weighted by Crippen LogP contribution is 2.29. The minimum Gasteiger partial charge on any atom is -0.408 e. The largest absolute Gasteiger partial charge is 0.415 e. The highest BCUT2D eigenvalue weighted by Gasteiger charge is 2.28. The van der Waals surface area contributed by atoms with Gasteiger partial charge < -0.3 is 14.2 Å². The van der Waals surface area contributed by atoms with Gasteiger partial charge >= 0.3 is 6.09 Å². The lowest BCUT2D eigenvalue weighted by Gasteiger charge is -2.29. The number of aromatic nitrogens is 3. The molecule has 1 amide bonds. The quantitative estimate of drug-likeness (QED) is 0.659. The number of piperidine rings is 1. The van der Waals surface area contributed by atoms with Crippen LogP contribution in [0.25, 0.3) is 11.5 Å². The van der Waals surface area contributed by atoms with E-state index < -0.39 is 17.7 Å². The molecule has 9 heteroatoms. The summed E-state index contributed by atoms with van der Waals surface area (Å²) in [5.74, 6) is -0.850. The number of pyridine rings is 1. The third-order valence-electron chi connectivity index (χ3n) is 4.88. The molecule has 29 heavy (non-hydrogen) atoms. The standard InChI is InChI=1S/C20H18F2N4O3/c1-12-17(3-2-8-23-12)28-20(27)26-9-6-13(7-10-26)18-24-19(29-25-18)14-4-5-15(21)16(22)11-14/h2-5,8,11,13H,6-7,9-10H2,1H3. The molecule has 3 heterocycles. The van der Waals surface area contributed by atoms with Crippen molar-refractivity contribution in [2.24, 2.45) is 0 Å². The highest BCUT2D eigenvalue weighted by atomic mass is 19.2. The van der Waals surface area contributed by atoms with Crippen LogP contribution in [0.4, 0.5) is 13.6 Å². The fraction of sp³-hybridized carbons (Fsp3) is 0.300. The molecule has 0 spiro atoms. The predicted molar refractivity (Wildman–Crippen MR) is 98.2 cm³/mol. The molecule has 0 N–H and O–H groups in total. The first-order valence-electron chi connectivity index (χ1n) is 9.18. The summed E-state index contributed by atoms with van der Waals surface area (Å²) in [6.45, 7) is 2.74. The summed E-state index contributed by atoms with van der Waals surface area (Å²) < 4.78 is 37.1. The Morgan fingerprint density at radius 2 is 2.00 bits per heavy atom. The minimum atomic E-state index is -0.974. The molecule has 0 bridgehead atoms. The number of carbonyl (C=O) groups is 1. The van der Waals surface area contributed by atoms with E-state index in [-0.39, 0.29) is 11.8 Å². The molecular weight excluding hydrogens is 382 g/mol. The molecule has 1 saturated heterocycles. The summed E-state index contributed by atoms with van der Waals surface area (Å²) >= 11 is 0. The van der Waals surface area contributed by atoms with Crippen LogP contribution in [0.15, 0.2) is 41.1 Å². The van der Waals surface area contributed by atoms with Gasteiger partial charge in [0.15, 0.2) is 23.2 Å². The van der Waals surface area contributed by atoms with Crippen LogP contribution in [0.5, 0.6) is 5.75 Å². The predicted octanol–water partition coefficient (Wildman–Crippen LogP) is 4.10. The number of carbonyl (C=O) groups excluding carboxylic acids is 1. The van der Waals surface area contributed by atoms with Crippen LogP contribution in [-0.4, -0.2) is 39.2 Å². The van der Waals surface area contributed by atoms with E-state index in [4.69, 9.17) is 9.26 Å². The number of ether oxygens (including phenoxy) is 1. The van der Waals surface area contributed by atoms with Crippen molar-refractivity contribution < 1.29 is 22.8 Å². The number of amides is 1. The van der Waals surface area contributed by atoms with Crippen LogP contribution in [0.2, 0.25) is 0 Å². The van der Waals surface area contributed by atoms with E-state index in [0.717, 1.165) is 12.1 Å². The summed E-state index contributed by atoms with van der Waals surface area (Å²) in [6.07, 6.45) is 2.49. The van der Waals surface area contributed by atoms with E-state index in [2.05, 4.69) is 15.1 Å². The zero-order valence-corrected chi connectivity index (χ0v) is 15.6. The van der Waals surface area contributed by atoms with Gasteiger partial charge in [-0.1, -0.05) is 5.16 Å². The molecule has 0 aliphatic carbocycles. The molecule has 3 aromatic rings. The molecule has 0 unspecified atom stereocenters. The van der Waals surface area contributed by atoms with Gasteiger partial charge in [0.2, 0.25) is 0 Å². The second-order valence-corrected chi connectivity index (χ2v) is 6.80. The second kappa shape index (κ2) is 7.94. The maximum Gasteiger partial charge on any atom is 0.415 e. The van der Waals surface area contributed by atoms with Crippen molar-refractivity contribution in [1.29, 1.82) is 0 Å². The van der Waals surface area contributed by atoms with E-state index in [9.17, 15) is 13.6 Å². The topological polar surface area (TPSA) is 81.4 Å². The first-order chi connectivity index (χ1) is 14.0. The molecular formula is C20H18F2N4O3. The molecule has 1 fully saturated rings. The summed E-state index contributed by atoms with van der Waals surface area (Å²) in [5.41, 5.74) is 0.961. The Hall–Kier alpha value is -3.36. The Morgan fingerprint density at radius 3 is 2.72 bits per heavy atom. The number of halogens is 2. The van der Waals surface area contributed by atoms with Crippen molar-refractivity contribution >= 4 is 6.09 Å². The van der Waals surface area contributed by atoms with Crippen molar-refractivity contribution in [3.8, 4) is 17.2 Å². The fourth-order valence-corrected chi connectivity index (χ4v) is 3.20. The monoisotopic (exact) mass is 400 g/mol. The molecule has 0 saturated carbocycles. The summed E-state index contributed by atoms with van der Waals surface area (Å²) in [5, 5.41) is 3.97. The normalized spacial score (nSPS) is 14.8. The molecule has 1 aromatic carbocycles. The van der Waals surface area contributed by atoms with Crippen LogP contribution in [0.1, 0.15) is 30.3 Å². The van der Waals surface area contributed by atoms with Crippen molar-refractivity contribution in [2.75, 3.05) is 13.1 Å². The number of benzene rings is 1. The Bertz CT molecular complexity index is 1030. The maximum absolute atomic E-state index is 13.4. The first kappa shape index (κ1) is 19.0. The number of hydrogen-bond acceptors (Lipinski definition) is 6. The highest BCUT2D eigenvalue weighted by molar-refractivity contribution is 5.71. The summed E-state index contributed by atoms with van der Waals surface area (Å²) in [7, 11) is 0. The molecule has 7 nitrogen and oxygen atoms in total. The lowest BCUT2D eigenvalue weighted by molar-refractivity contribution is 0.137. The molecule has 1 aliphatic rings. The minimum absolute atomic E-state index is 0.00183. The number of rotatable bonds is 3. The number of hydrogen-bond donors (Lipinski definition) is 0. The smallest absolute Gasteiger partial charge is 0.408 e. The summed E-state index contributed by atoms with van der Waals surface area (Å²) in [4.78, 5) is 22.4. The van der Waals surface area contributed by atoms with E-state index in [1.54, 1.807) is 30.2 Å². The third-order valence-corrected chi connectivity index (χ3v) is 4.88. The van der Waals surface area contributed by atoms with Gasteiger partial charge in [-0.25, -0.2) is 13.6 Å². The summed E-state index contributed by atoms with van der Waals surface area (Å²) in [6, 6.07) is 6.83. The fourth-order valence-electron chi connectivity index (χ4n) is 3.20. The average molecular weight is 400 g/mol. The van der Waals surface area contributed by atoms with Crippen LogP contribution in [-0.2, 0) is 0 Å². The van der Waals surface area contributed by atoms with Crippen LogP contribution in [0, 0.1) is 18.6 Å². The Balaban J connectivity index is 1.37. The van der Waals surface area contributed by atoms with E-state index in [1.165, 1.54) is 6.07 Å². The zero-order valence-electron chi connectivity index (χ0n) is 15.6. The van der Waals surface area contributed by atoms with Crippen molar-refractivity contribution in [1.82, 2.24) is 20.0 Å². The molecule has 150 valence electrons. The molecule has 0 atom stereocenters. The maximum atomic E-state index is 13.4. The van der Waals surface area contributed by atoms with Gasteiger partial charge in [-0.2, -0.15) is 4.98 Å². The Morgan fingerprint density at radius 1 is 1.21 bits per heavy atom. The van der Waals surface area contributed by atoms with Gasteiger partial charge in [0.25, 0.3) is 5.89 Å². The molecule has 2 aromatic heterocycles. The van der Waals surface area contributed by atoms with E-state index >= 15 is 0 Å². The number of likely N-dealkylation sites (tertiary alicyclic amines) is 1. The Kier molecular flexibility index (Phi) is 5.20. The molecule has 4 rings (SSSR count). The average Bonchev–Trinajstić information content (AvgIpc) is 3.22. The Labute approximate surface area is 165 Å². The van der Waals surface area contributed by atoms with Gasteiger partial charge in [-0.05, 0) is 50.1 Å². The third kappa shape index (κ3) is 4.08. The van der Waals surface area contributed by atoms with Gasteiger partial charge in [-0.15, -0.1) is 0 Å². The van der Waals surface area contributed by atoms with Crippen LogP contribution >= 0.6 is 0 Å². The van der Waals surface area contributed by atoms with Crippen molar-refractivity contribution in [3.63, 3.8) is 0 Å². The SMILES string of the molecule is Cc1ncccc1OC(=O)N1CCC(c2noc(-c3ccc(F)c(F)c3)n2)CC1. The van der Waals surface area contributed by atoms with Crippen LogP contribution in [0.3, 0.4) is 0 Å². The first-order valence-corrected chi connectivity index (χ1v) is 9.18. The van der Waals surface area contributed by atoms with Gasteiger partial charge in [0.1, 0.15) is 0 Å². The number of nitrogens with zero attached hydrogens (tertiary/aromatic N) is 4. The van der Waals surface area contributed by atoms with Gasteiger partial charge in [0.05, 0.1) is 5.69 Å². The van der Waals surface area contributed by atoms with Crippen molar-refractivity contribution in [2.45, 2.75) is 25.7 Å². The molecule has 1 aliphatic heterocycles. The van der Waals surface area contributed by atoms with Crippen molar-refractivity contribution in [3.05, 3.63) is 59.7 Å². The lowest BCUT2D eigenvalue weighted by Crippen LogP contribution is -2.39. The van der Waals surface area contributed by atoms with Gasteiger partial charge in [-0.3, -0.25) is 4.98 Å². The molecule has 0 radical (unpaired) electrons. The lowest BCUT2D eigenvalue weighted by atomic mass is 9.96. The van der Waals surface area contributed by atoms with Gasteiger partial charge in [0, 0.05) is 30.8 Å². The number of aryl methyl sites for hydroxylation is 1. The van der Waals surface area contributed by atoms with E-state index in [1.807, 2.05) is 0 Å². The second-order valence-electron chi connectivity index (χ2n) is 6.80. The zero-order chi connectivity index (χ0) is 20.4. The van der Waals surface area contributed by atoms with Crippen LogP contribution < -0.4 is 4.74 Å².